The number of carboxylic acid groups (broad SMARTS) is 1. The summed E-state index contributed by atoms with van der Waals surface area (Å²) >= 11 is 6.55. The molecule has 0 saturated carbocycles. The molecule has 32 heavy (non-hydrogen) atoms. The molecule has 158 valence electrons. The summed E-state index contributed by atoms with van der Waals surface area (Å²) in [5.41, 5.74) is 5.00. The number of aromatic amines is 2. The van der Waals surface area contributed by atoms with Gasteiger partial charge in [0, 0.05) is 23.5 Å². The van der Waals surface area contributed by atoms with Gasteiger partial charge in [-0.05, 0) is 42.3 Å². The van der Waals surface area contributed by atoms with Crippen LogP contribution in [-0.4, -0.2) is 31.0 Å². The molecule has 8 heteroatoms. The maximum atomic E-state index is 11.4. The number of benzene rings is 3. The Morgan fingerprint density at radius 3 is 2.56 bits per heavy atom. The van der Waals surface area contributed by atoms with E-state index in [4.69, 9.17) is 16.3 Å². The highest BCUT2D eigenvalue weighted by molar-refractivity contribution is 6.34. The van der Waals surface area contributed by atoms with E-state index in [1.165, 1.54) is 6.07 Å². The third kappa shape index (κ3) is 3.70. The molecule has 0 aliphatic rings. The number of nitrogens with one attached hydrogen (secondary N) is 2. The van der Waals surface area contributed by atoms with Gasteiger partial charge in [0.2, 0.25) is 0 Å². The number of carboxylic acids is 1. The van der Waals surface area contributed by atoms with E-state index in [0.717, 1.165) is 22.5 Å². The van der Waals surface area contributed by atoms with Gasteiger partial charge in [0.05, 0.1) is 21.6 Å². The second-order valence-electron chi connectivity index (χ2n) is 7.29. The number of aromatic nitrogens is 4. The largest absolute Gasteiger partial charge is 0.478 e. The van der Waals surface area contributed by atoms with Crippen LogP contribution in [0.15, 0.2) is 67.0 Å². The van der Waals surface area contributed by atoms with E-state index in [1.807, 2.05) is 30.3 Å². The van der Waals surface area contributed by atoms with Gasteiger partial charge in [0.1, 0.15) is 11.6 Å². The zero-order valence-electron chi connectivity index (χ0n) is 16.9. The molecule has 0 aliphatic carbocycles. The van der Waals surface area contributed by atoms with E-state index in [0.29, 0.717) is 27.4 Å². The van der Waals surface area contributed by atoms with Crippen LogP contribution in [0.5, 0.6) is 11.8 Å². The lowest BCUT2D eigenvalue weighted by Gasteiger charge is -2.06. The minimum atomic E-state index is -1.01. The molecule has 3 N–H and O–H groups in total. The molecule has 2 aromatic heterocycles. The van der Waals surface area contributed by atoms with Crippen molar-refractivity contribution < 1.29 is 14.6 Å². The van der Waals surface area contributed by atoms with Crippen LogP contribution >= 0.6 is 11.6 Å². The first kappa shape index (κ1) is 19.8. The number of hydrogen-bond acceptors (Lipinski definition) is 4. The number of H-pyrrole nitrogens is 2. The van der Waals surface area contributed by atoms with Crippen LogP contribution in [0.3, 0.4) is 0 Å². The average molecular weight is 445 g/mol. The molecule has 0 unspecified atom stereocenters. The first-order valence-corrected chi connectivity index (χ1v) is 10.2. The minimum Gasteiger partial charge on any atom is -0.478 e. The Morgan fingerprint density at radius 2 is 1.84 bits per heavy atom. The fraction of sp³-hybridized carbons (Fsp3) is 0.0417. The molecular weight excluding hydrogens is 428 g/mol. The van der Waals surface area contributed by atoms with E-state index in [1.54, 1.807) is 37.5 Å². The lowest BCUT2D eigenvalue weighted by atomic mass is 10.0. The Labute approximate surface area is 187 Å². The summed E-state index contributed by atoms with van der Waals surface area (Å²) in [6.45, 7) is 1.74. The van der Waals surface area contributed by atoms with Crippen molar-refractivity contribution in [1.82, 2.24) is 19.9 Å². The van der Waals surface area contributed by atoms with Gasteiger partial charge < -0.3 is 19.8 Å². The van der Waals surface area contributed by atoms with Crippen LogP contribution in [-0.2, 0) is 0 Å². The summed E-state index contributed by atoms with van der Waals surface area (Å²) in [5, 5.41) is 9.88. The van der Waals surface area contributed by atoms with Crippen LogP contribution in [0, 0.1) is 6.92 Å². The number of carbonyl (C=O) groups is 1. The molecule has 0 spiro atoms. The molecule has 0 amide bonds. The molecule has 0 saturated heterocycles. The molecule has 0 radical (unpaired) electrons. The summed E-state index contributed by atoms with van der Waals surface area (Å²) in [7, 11) is 0. The van der Waals surface area contributed by atoms with Crippen LogP contribution in [0.4, 0.5) is 0 Å². The molecule has 5 aromatic rings. The second kappa shape index (κ2) is 7.86. The van der Waals surface area contributed by atoms with Crippen molar-refractivity contribution in [2.75, 3.05) is 0 Å². The summed E-state index contributed by atoms with van der Waals surface area (Å²) in [5.74, 6) is 0.174. The maximum Gasteiger partial charge on any atom is 0.336 e. The van der Waals surface area contributed by atoms with Gasteiger partial charge in [-0.25, -0.2) is 9.78 Å². The maximum absolute atomic E-state index is 11.4. The van der Waals surface area contributed by atoms with Crippen LogP contribution < -0.4 is 4.74 Å². The molecule has 0 atom stereocenters. The van der Waals surface area contributed by atoms with Gasteiger partial charge in [-0.1, -0.05) is 41.9 Å². The topological polar surface area (TPSA) is 104 Å². The number of aromatic carboxylic acids is 1. The van der Waals surface area contributed by atoms with Gasteiger partial charge in [-0.2, -0.15) is 4.98 Å². The Morgan fingerprint density at radius 1 is 1.06 bits per heavy atom. The fourth-order valence-corrected chi connectivity index (χ4v) is 3.79. The zero-order chi connectivity index (χ0) is 22.2. The highest BCUT2D eigenvalue weighted by atomic mass is 35.5. The molecule has 3 aromatic carbocycles. The number of ether oxygens (including phenoxy) is 1. The molecule has 2 heterocycles. The normalized spacial score (nSPS) is 11.1. The predicted molar refractivity (Wildman–Crippen MR) is 122 cm³/mol. The molecule has 0 fully saturated rings. The number of imidazole rings is 2. The Hall–Kier alpha value is -4.10. The molecular formula is C24H17ClN4O3. The van der Waals surface area contributed by atoms with Gasteiger partial charge in [-0.3, -0.25) is 0 Å². The number of aryl methyl sites for hydroxylation is 1. The molecule has 0 bridgehead atoms. The number of hydrogen-bond donors (Lipinski definition) is 3. The third-order valence-corrected chi connectivity index (χ3v) is 5.48. The van der Waals surface area contributed by atoms with Crippen molar-refractivity contribution in [3.63, 3.8) is 0 Å². The van der Waals surface area contributed by atoms with Crippen molar-refractivity contribution in [3.8, 4) is 34.3 Å². The smallest absolute Gasteiger partial charge is 0.336 e. The fourth-order valence-electron chi connectivity index (χ4n) is 3.51. The lowest BCUT2D eigenvalue weighted by Crippen LogP contribution is -2.00. The minimum absolute atomic E-state index is 0.182. The lowest BCUT2D eigenvalue weighted by molar-refractivity contribution is 0.0695. The SMILES string of the molecule is Cc1ccc(Oc2nc3cc(-c4ccc(-c5ncc[nH]5)cc4)c(Cl)cc3[nH]2)cc1C(=O)O. The van der Waals surface area contributed by atoms with Gasteiger partial charge in [0.15, 0.2) is 0 Å². The van der Waals surface area contributed by atoms with Crippen LogP contribution in [0.2, 0.25) is 5.02 Å². The second-order valence-corrected chi connectivity index (χ2v) is 7.70. The summed E-state index contributed by atoms with van der Waals surface area (Å²) in [6.07, 6.45) is 3.49. The summed E-state index contributed by atoms with van der Waals surface area (Å²) in [4.78, 5) is 26.3. The highest BCUT2D eigenvalue weighted by Gasteiger charge is 2.13. The van der Waals surface area contributed by atoms with Gasteiger partial charge in [-0.15, -0.1) is 0 Å². The molecule has 7 nitrogen and oxygen atoms in total. The number of rotatable bonds is 5. The summed E-state index contributed by atoms with van der Waals surface area (Å²) in [6, 6.07) is 16.7. The quantitative estimate of drug-likeness (QED) is 0.305. The van der Waals surface area contributed by atoms with E-state index in [-0.39, 0.29) is 11.6 Å². The standard InChI is InChI=1S/C24H17ClN4O3/c1-13-2-7-16(10-17(13)23(30)31)32-24-28-20-11-18(19(25)12-21(20)29-24)14-3-5-15(6-4-14)22-26-8-9-27-22/h2-12H,1H3,(H,26,27)(H,28,29)(H,30,31). The number of fused-ring (bicyclic) bond motifs is 1. The monoisotopic (exact) mass is 444 g/mol. The zero-order valence-corrected chi connectivity index (χ0v) is 17.6. The Bertz CT molecular complexity index is 1440. The van der Waals surface area contributed by atoms with Crippen LogP contribution in [0.25, 0.3) is 33.5 Å². The molecule has 0 aliphatic heterocycles. The van der Waals surface area contributed by atoms with E-state index in [2.05, 4.69) is 19.9 Å². The van der Waals surface area contributed by atoms with Crippen molar-refractivity contribution in [2.24, 2.45) is 0 Å². The van der Waals surface area contributed by atoms with Crippen molar-refractivity contribution >= 4 is 28.6 Å². The number of halogens is 1. The summed E-state index contributed by atoms with van der Waals surface area (Å²) < 4.78 is 5.77. The number of nitrogens with zero attached hydrogens (tertiary/aromatic N) is 2. The first-order chi connectivity index (χ1) is 15.5. The van der Waals surface area contributed by atoms with Gasteiger partial charge in [0.25, 0.3) is 6.01 Å². The van der Waals surface area contributed by atoms with Crippen molar-refractivity contribution in [2.45, 2.75) is 6.92 Å². The first-order valence-electron chi connectivity index (χ1n) is 9.79. The van der Waals surface area contributed by atoms with E-state index in [9.17, 15) is 9.90 Å². The van der Waals surface area contributed by atoms with Crippen molar-refractivity contribution in [3.05, 3.63) is 83.1 Å². The predicted octanol–water partition coefficient (Wildman–Crippen LogP) is 6.07. The third-order valence-electron chi connectivity index (χ3n) is 5.17. The highest BCUT2D eigenvalue weighted by Crippen LogP contribution is 2.34. The van der Waals surface area contributed by atoms with E-state index >= 15 is 0 Å². The van der Waals surface area contributed by atoms with Crippen molar-refractivity contribution in [1.29, 1.82) is 0 Å². The Balaban J connectivity index is 1.46. The van der Waals surface area contributed by atoms with Crippen LogP contribution in [0.1, 0.15) is 15.9 Å². The van der Waals surface area contributed by atoms with E-state index < -0.39 is 5.97 Å². The molecule has 5 rings (SSSR count). The van der Waals surface area contributed by atoms with Gasteiger partial charge >= 0.3 is 5.97 Å². The Kier molecular flexibility index (Phi) is 4.88. The average Bonchev–Trinajstić information content (AvgIpc) is 3.44.